The fourth-order valence-corrected chi connectivity index (χ4v) is 4.87. The first-order chi connectivity index (χ1) is 14.8. The third kappa shape index (κ3) is 6.13. The van der Waals surface area contributed by atoms with Crippen LogP contribution in [0.2, 0.25) is 0 Å². The van der Waals surface area contributed by atoms with E-state index in [1.807, 2.05) is 0 Å². The summed E-state index contributed by atoms with van der Waals surface area (Å²) >= 11 is 0. The molecule has 0 radical (unpaired) electrons. The van der Waals surface area contributed by atoms with Crippen LogP contribution in [0.3, 0.4) is 0 Å². The first kappa shape index (κ1) is 23.9. The molecule has 0 aliphatic carbocycles. The van der Waals surface area contributed by atoms with Gasteiger partial charge in [-0.15, -0.1) is 0 Å². The summed E-state index contributed by atoms with van der Waals surface area (Å²) < 4.78 is 44.2. The normalized spacial score (nSPS) is 25.8. The third-order valence-electron chi connectivity index (χ3n) is 6.38. The SMILES string of the molecule is CCNC(=NCC1CCCN(C)C1c1ccc(C(F)(F)F)cc1)N1CCC(COC)C1. The molecule has 5 nitrogen and oxygen atoms in total. The maximum atomic E-state index is 13.0. The lowest BCUT2D eigenvalue weighted by Gasteiger charge is -2.39. The Labute approximate surface area is 183 Å². The summed E-state index contributed by atoms with van der Waals surface area (Å²) in [7, 11) is 3.79. The summed E-state index contributed by atoms with van der Waals surface area (Å²) in [5.41, 5.74) is 0.333. The number of methoxy groups -OCH3 is 1. The molecule has 2 aliphatic rings. The van der Waals surface area contributed by atoms with Gasteiger partial charge in [-0.1, -0.05) is 12.1 Å². The van der Waals surface area contributed by atoms with E-state index in [4.69, 9.17) is 9.73 Å². The molecule has 2 fully saturated rings. The number of nitrogens with one attached hydrogen (secondary N) is 1. The number of guanidine groups is 1. The molecule has 1 aromatic rings. The van der Waals surface area contributed by atoms with Gasteiger partial charge in [-0.2, -0.15) is 13.2 Å². The van der Waals surface area contributed by atoms with E-state index in [0.29, 0.717) is 12.5 Å². The molecule has 2 aliphatic heterocycles. The van der Waals surface area contributed by atoms with Crippen molar-refractivity contribution < 1.29 is 17.9 Å². The number of ether oxygens (including phenoxy) is 1. The van der Waals surface area contributed by atoms with Crippen LogP contribution in [0.5, 0.6) is 0 Å². The van der Waals surface area contributed by atoms with Crippen molar-refractivity contribution in [2.75, 3.05) is 53.5 Å². The summed E-state index contributed by atoms with van der Waals surface area (Å²) in [4.78, 5) is 9.52. The molecule has 0 saturated carbocycles. The predicted molar refractivity (Wildman–Crippen MR) is 117 cm³/mol. The first-order valence-electron chi connectivity index (χ1n) is 11.2. The van der Waals surface area contributed by atoms with Gasteiger partial charge < -0.3 is 15.0 Å². The van der Waals surface area contributed by atoms with Crippen LogP contribution < -0.4 is 5.32 Å². The van der Waals surface area contributed by atoms with E-state index in [-0.39, 0.29) is 12.0 Å². The lowest BCUT2D eigenvalue weighted by Crippen LogP contribution is -2.42. The molecule has 8 heteroatoms. The standard InChI is InChI=1S/C23H35F3N4O/c1-4-27-22(30-13-11-17(15-30)16-31-3)28-14-19-6-5-12-29(2)21(19)18-7-9-20(10-8-18)23(24,25)26/h7-10,17,19,21H,4-6,11-16H2,1-3H3,(H,27,28). The first-order valence-corrected chi connectivity index (χ1v) is 11.2. The Hall–Kier alpha value is -1.80. The topological polar surface area (TPSA) is 40.1 Å². The van der Waals surface area contributed by atoms with E-state index < -0.39 is 11.7 Å². The molecule has 1 aromatic carbocycles. The zero-order valence-electron chi connectivity index (χ0n) is 18.8. The molecule has 3 unspecified atom stereocenters. The zero-order valence-corrected chi connectivity index (χ0v) is 18.8. The van der Waals surface area contributed by atoms with Crippen LogP contribution in [0.25, 0.3) is 0 Å². The summed E-state index contributed by atoms with van der Waals surface area (Å²) in [5, 5.41) is 3.41. The van der Waals surface area contributed by atoms with E-state index in [0.717, 1.165) is 63.6 Å². The number of aliphatic imine (C=N–C) groups is 1. The highest BCUT2D eigenvalue weighted by Crippen LogP contribution is 2.37. The van der Waals surface area contributed by atoms with Gasteiger partial charge in [-0.25, -0.2) is 0 Å². The van der Waals surface area contributed by atoms with Crippen LogP contribution in [0, 0.1) is 11.8 Å². The smallest absolute Gasteiger partial charge is 0.384 e. The fraction of sp³-hybridized carbons (Fsp3) is 0.696. The molecule has 3 atom stereocenters. The summed E-state index contributed by atoms with van der Waals surface area (Å²) in [5.74, 6) is 1.72. The van der Waals surface area contributed by atoms with Crippen LogP contribution in [0.1, 0.15) is 43.4 Å². The van der Waals surface area contributed by atoms with Crippen molar-refractivity contribution in [3.05, 3.63) is 35.4 Å². The van der Waals surface area contributed by atoms with Crippen LogP contribution in [0.4, 0.5) is 13.2 Å². The highest BCUT2D eigenvalue weighted by Gasteiger charge is 2.33. The Kier molecular flexibility index (Phi) is 8.22. The Bertz CT molecular complexity index is 723. The van der Waals surface area contributed by atoms with Crippen LogP contribution in [-0.4, -0.2) is 69.2 Å². The fourth-order valence-electron chi connectivity index (χ4n) is 4.87. The minimum atomic E-state index is -4.31. The van der Waals surface area contributed by atoms with Crippen molar-refractivity contribution in [2.45, 2.75) is 38.4 Å². The number of benzene rings is 1. The molecule has 2 saturated heterocycles. The highest BCUT2D eigenvalue weighted by atomic mass is 19.4. The number of piperidine rings is 1. The molecule has 0 bridgehead atoms. The molecular formula is C23H35F3N4O. The Morgan fingerprint density at radius 3 is 2.58 bits per heavy atom. The van der Waals surface area contributed by atoms with Gasteiger partial charge in [0.1, 0.15) is 0 Å². The molecule has 3 rings (SSSR count). The van der Waals surface area contributed by atoms with Crippen LogP contribution in [0.15, 0.2) is 29.3 Å². The third-order valence-corrected chi connectivity index (χ3v) is 6.38. The highest BCUT2D eigenvalue weighted by molar-refractivity contribution is 5.80. The van der Waals surface area contributed by atoms with Crippen molar-refractivity contribution in [1.29, 1.82) is 0 Å². The van der Waals surface area contributed by atoms with Gasteiger partial charge in [0.2, 0.25) is 0 Å². The zero-order chi connectivity index (χ0) is 22.4. The molecule has 174 valence electrons. The largest absolute Gasteiger partial charge is 0.416 e. The number of hydrogen-bond donors (Lipinski definition) is 1. The number of halogens is 3. The number of likely N-dealkylation sites (tertiary alicyclic amines) is 2. The maximum absolute atomic E-state index is 13.0. The minimum absolute atomic E-state index is 0.0717. The van der Waals surface area contributed by atoms with Crippen molar-refractivity contribution in [3.8, 4) is 0 Å². The molecule has 1 N–H and O–H groups in total. The van der Waals surface area contributed by atoms with E-state index >= 15 is 0 Å². The van der Waals surface area contributed by atoms with Crippen molar-refractivity contribution in [1.82, 2.24) is 15.1 Å². The lowest BCUT2D eigenvalue weighted by atomic mass is 9.84. The average Bonchev–Trinajstić information content (AvgIpc) is 3.19. The summed E-state index contributed by atoms with van der Waals surface area (Å²) in [6, 6.07) is 5.73. The number of rotatable bonds is 6. The van der Waals surface area contributed by atoms with E-state index in [9.17, 15) is 13.2 Å². The minimum Gasteiger partial charge on any atom is -0.384 e. The van der Waals surface area contributed by atoms with E-state index in [1.54, 1.807) is 19.2 Å². The quantitative estimate of drug-likeness (QED) is 0.536. The summed E-state index contributed by atoms with van der Waals surface area (Å²) in [6.45, 7) is 7.13. The lowest BCUT2D eigenvalue weighted by molar-refractivity contribution is -0.137. The Morgan fingerprint density at radius 2 is 1.94 bits per heavy atom. The van der Waals surface area contributed by atoms with Gasteiger partial charge in [-0.05, 0) is 63.4 Å². The molecule has 0 spiro atoms. The molecule has 0 aromatic heterocycles. The molecule has 0 amide bonds. The Balaban J connectivity index is 1.74. The van der Waals surface area contributed by atoms with Crippen molar-refractivity contribution >= 4 is 5.96 Å². The van der Waals surface area contributed by atoms with Crippen molar-refractivity contribution in [2.24, 2.45) is 16.8 Å². The van der Waals surface area contributed by atoms with E-state index in [2.05, 4.69) is 29.1 Å². The van der Waals surface area contributed by atoms with Crippen LogP contribution >= 0.6 is 0 Å². The monoisotopic (exact) mass is 440 g/mol. The van der Waals surface area contributed by atoms with E-state index in [1.165, 1.54) is 12.1 Å². The predicted octanol–water partition coefficient (Wildman–Crippen LogP) is 4.02. The van der Waals surface area contributed by atoms with Gasteiger partial charge in [-0.3, -0.25) is 9.89 Å². The van der Waals surface area contributed by atoms with Gasteiger partial charge in [0, 0.05) is 45.2 Å². The number of nitrogens with zero attached hydrogens (tertiary/aromatic N) is 3. The van der Waals surface area contributed by atoms with Gasteiger partial charge in [0.25, 0.3) is 0 Å². The second-order valence-corrected chi connectivity index (χ2v) is 8.70. The average molecular weight is 441 g/mol. The number of alkyl halides is 3. The van der Waals surface area contributed by atoms with Gasteiger partial charge in [0.15, 0.2) is 5.96 Å². The Morgan fingerprint density at radius 1 is 1.19 bits per heavy atom. The second-order valence-electron chi connectivity index (χ2n) is 8.70. The van der Waals surface area contributed by atoms with Crippen molar-refractivity contribution in [3.63, 3.8) is 0 Å². The van der Waals surface area contributed by atoms with Gasteiger partial charge >= 0.3 is 6.18 Å². The van der Waals surface area contributed by atoms with Crippen LogP contribution in [-0.2, 0) is 10.9 Å². The molecule has 2 heterocycles. The summed E-state index contributed by atoms with van der Waals surface area (Å²) in [6.07, 6.45) is -1.12. The number of hydrogen-bond acceptors (Lipinski definition) is 3. The molecule has 31 heavy (non-hydrogen) atoms. The maximum Gasteiger partial charge on any atom is 0.416 e. The van der Waals surface area contributed by atoms with Gasteiger partial charge in [0.05, 0.1) is 12.2 Å². The second kappa shape index (κ2) is 10.7. The molecular weight excluding hydrogens is 405 g/mol.